The van der Waals surface area contributed by atoms with Crippen molar-refractivity contribution in [1.82, 2.24) is 14.9 Å². The van der Waals surface area contributed by atoms with E-state index in [9.17, 15) is 9.59 Å². The molecule has 0 aliphatic carbocycles. The average molecular weight is 456 g/mol. The molecule has 34 heavy (non-hydrogen) atoms. The standard InChI is InChI=1S/C27H29N5O2/c1-19(2)20-8-10-22(11-9-20)30-26(34)31-14-12-27(13-15-31)24(21-6-4-3-5-7-21)32(25(27)33)23-16-28-18-29-17-23/h3-11,16-19,24H,12-15H2,1-2H3,(H,30,34). The van der Waals surface area contributed by atoms with Gasteiger partial charge in [-0.05, 0) is 42.0 Å². The molecule has 0 saturated carbocycles. The first-order valence-corrected chi connectivity index (χ1v) is 11.8. The van der Waals surface area contributed by atoms with Gasteiger partial charge >= 0.3 is 6.03 Å². The number of urea groups is 1. The molecule has 3 amide bonds. The van der Waals surface area contributed by atoms with Crippen molar-refractivity contribution < 1.29 is 9.59 Å². The fraction of sp³-hybridized carbons (Fsp3) is 0.333. The van der Waals surface area contributed by atoms with E-state index in [1.807, 2.05) is 47.4 Å². The zero-order chi connectivity index (χ0) is 23.7. The maximum Gasteiger partial charge on any atom is 0.321 e. The summed E-state index contributed by atoms with van der Waals surface area (Å²) in [6.07, 6.45) is 6.07. The van der Waals surface area contributed by atoms with Crippen molar-refractivity contribution in [3.8, 4) is 0 Å². The minimum Gasteiger partial charge on any atom is -0.324 e. The van der Waals surface area contributed by atoms with Crippen LogP contribution in [0.4, 0.5) is 16.2 Å². The second kappa shape index (κ2) is 8.89. The Hall–Kier alpha value is -3.74. The van der Waals surface area contributed by atoms with Gasteiger partial charge < -0.3 is 15.1 Å². The van der Waals surface area contributed by atoms with Gasteiger partial charge in [0.05, 0.1) is 29.5 Å². The Kier molecular flexibility index (Phi) is 5.77. The third-order valence-corrected chi connectivity index (χ3v) is 7.14. The SMILES string of the molecule is CC(C)c1ccc(NC(=O)N2CCC3(CC2)C(=O)N(c2cncnc2)C3c2ccccc2)cc1. The Labute approximate surface area is 199 Å². The maximum absolute atomic E-state index is 13.5. The lowest BCUT2D eigenvalue weighted by atomic mass is 9.62. The number of β-lactam (4-membered cyclic amide) rings is 1. The number of hydrogen-bond donors (Lipinski definition) is 1. The minimum atomic E-state index is -0.521. The van der Waals surface area contributed by atoms with Crippen molar-refractivity contribution >= 4 is 23.3 Å². The van der Waals surface area contributed by atoms with Crippen LogP contribution in [-0.2, 0) is 4.79 Å². The van der Waals surface area contributed by atoms with Gasteiger partial charge in [-0.1, -0.05) is 56.3 Å². The minimum absolute atomic E-state index is 0.0838. The first-order valence-electron chi connectivity index (χ1n) is 11.8. The average Bonchev–Trinajstić information content (AvgIpc) is 2.88. The predicted molar refractivity (Wildman–Crippen MR) is 131 cm³/mol. The van der Waals surface area contributed by atoms with Gasteiger partial charge in [-0.3, -0.25) is 4.79 Å². The predicted octanol–water partition coefficient (Wildman–Crippen LogP) is 5.00. The number of amides is 3. The van der Waals surface area contributed by atoms with E-state index in [-0.39, 0.29) is 18.0 Å². The van der Waals surface area contributed by atoms with Crippen LogP contribution >= 0.6 is 0 Å². The highest BCUT2D eigenvalue weighted by atomic mass is 16.2. The lowest BCUT2D eigenvalue weighted by Gasteiger charge is -2.58. The maximum atomic E-state index is 13.5. The van der Waals surface area contributed by atoms with Crippen LogP contribution in [0.25, 0.3) is 0 Å². The Morgan fingerprint density at radius 1 is 1.00 bits per heavy atom. The normalized spacial score (nSPS) is 19.3. The van der Waals surface area contributed by atoms with Gasteiger partial charge in [0, 0.05) is 18.8 Å². The summed E-state index contributed by atoms with van der Waals surface area (Å²) in [6.45, 7) is 5.36. The molecular weight excluding hydrogens is 426 g/mol. The van der Waals surface area contributed by atoms with E-state index in [1.54, 1.807) is 17.3 Å². The van der Waals surface area contributed by atoms with Crippen LogP contribution in [0.2, 0.25) is 0 Å². The summed E-state index contributed by atoms with van der Waals surface area (Å²) >= 11 is 0. The molecule has 1 N–H and O–H groups in total. The highest BCUT2D eigenvalue weighted by molar-refractivity contribution is 6.06. The van der Waals surface area contributed by atoms with Gasteiger partial charge in [0.2, 0.25) is 5.91 Å². The van der Waals surface area contributed by atoms with Crippen molar-refractivity contribution in [1.29, 1.82) is 0 Å². The van der Waals surface area contributed by atoms with E-state index in [4.69, 9.17) is 0 Å². The summed E-state index contributed by atoms with van der Waals surface area (Å²) in [6, 6.07) is 17.9. The molecule has 1 aromatic heterocycles. The Balaban J connectivity index is 1.31. The van der Waals surface area contributed by atoms with Crippen molar-refractivity contribution in [2.24, 2.45) is 5.41 Å². The quantitative estimate of drug-likeness (QED) is 0.562. The Bertz CT molecular complexity index is 1160. The summed E-state index contributed by atoms with van der Waals surface area (Å²) in [5, 5.41) is 3.01. The van der Waals surface area contributed by atoms with Gasteiger partial charge in [0.25, 0.3) is 0 Å². The molecule has 7 nitrogen and oxygen atoms in total. The molecule has 174 valence electrons. The van der Waals surface area contributed by atoms with Gasteiger partial charge in [0.1, 0.15) is 6.33 Å². The molecule has 1 atom stereocenters. The first-order chi connectivity index (χ1) is 16.5. The molecule has 1 unspecified atom stereocenters. The molecule has 0 radical (unpaired) electrons. The monoisotopic (exact) mass is 455 g/mol. The zero-order valence-electron chi connectivity index (χ0n) is 19.5. The molecule has 7 heteroatoms. The molecule has 1 spiro atoms. The van der Waals surface area contributed by atoms with Crippen LogP contribution in [-0.4, -0.2) is 39.9 Å². The molecule has 2 saturated heterocycles. The lowest BCUT2D eigenvalue weighted by Crippen LogP contribution is -2.67. The van der Waals surface area contributed by atoms with Crippen LogP contribution in [0, 0.1) is 5.41 Å². The lowest BCUT2D eigenvalue weighted by molar-refractivity contribution is -0.144. The van der Waals surface area contributed by atoms with Gasteiger partial charge in [0.15, 0.2) is 0 Å². The second-order valence-corrected chi connectivity index (χ2v) is 9.44. The summed E-state index contributed by atoms with van der Waals surface area (Å²) in [5.74, 6) is 0.531. The van der Waals surface area contributed by atoms with Gasteiger partial charge in [-0.25, -0.2) is 14.8 Å². The Morgan fingerprint density at radius 3 is 2.26 bits per heavy atom. The number of nitrogens with one attached hydrogen (secondary N) is 1. The molecular formula is C27H29N5O2. The van der Waals surface area contributed by atoms with E-state index in [0.29, 0.717) is 37.5 Å². The van der Waals surface area contributed by atoms with E-state index >= 15 is 0 Å². The molecule has 0 bridgehead atoms. The number of aromatic nitrogens is 2. The van der Waals surface area contributed by atoms with Crippen LogP contribution < -0.4 is 10.2 Å². The molecule has 3 aromatic rings. The fourth-order valence-electron chi connectivity index (χ4n) is 5.19. The summed E-state index contributed by atoms with van der Waals surface area (Å²) in [4.78, 5) is 38.3. The molecule has 5 rings (SSSR count). The topological polar surface area (TPSA) is 78.4 Å². The number of rotatable bonds is 4. The third-order valence-electron chi connectivity index (χ3n) is 7.14. The highest BCUT2D eigenvalue weighted by Crippen LogP contribution is 2.57. The molecule has 3 heterocycles. The zero-order valence-corrected chi connectivity index (χ0v) is 19.5. The van der Waals surface area contributed by atoms with Crippen molar-refractivity contribution in [2.75, 3.05) is 23.3 Å². The Morgan fingerprint density at radius 2 is 1.65 bits per heavy atom. The summed E-state index contributed by atoms with van der Waals surface area (Å²) < 4.78 is 0. The third kappa shape index (κ3) is 3.81. The largest absolute Gasteiger partial charge is 0.324 e. The van der Waals surface area contributed by atoms with E-state index in [2.05, 4.69) is 41.3 Å². The van der Waals surface area contributed by atoms with Crippen LogP contribution in [0.15, 0.2) is 73.3 Å². The fourth-order valence-corrected chi connectivity index (χ4v) is 5.19. The second-order valence-electron chi connectivity index (χ2n) is 9.44. The molecule has 2 aliphatic heterocycles. The van der Waals surface area contributed by atoms with Gasteiger partial charge in [-0.2, -0.15) is 0 Å². The van der Waals surface area contributed by atoms with E-state index in [0.717, 1.165) is 11.3 Å². The number of nitrogens with zero attached hydrogens (tertiary/aromatic N) is 4. The molecule has 2 aliphatic rings. The number of carbonyl (C=O) groups is 2. The van der Waals surface area contributed by atoms with Crippen molar-refractivity contribution in [3.63, 3.8) is 0 Å². The number of piperidine rings is 1. The van der Waals surface area contributed by atoms with Crippen LogP contribution in [0.3, 0.4) is 0 Å². The van der Waals surface area contributed by atoms with Crippen molar-refractivity contribution in [2.45, 2.75) is 38.6 Å². The summed E-state index contributed by atoms with van der Waals surface area (Å²) in [7, 11) is 0. The number of likely N-dealkylation sites (tertiary alicyclic amines) is 1. The number of benzene rings is 2. The van der Waals surface area contributed by atoms with Gasteiger partial charge in [-0.15, -0.1) is 0 Å². The molecule has 2 aromatic carbocycles. The number of anilines is 2. The number of carbonyl (C=O) groups excluding carboxylic acids is 2. The van der Waals surface area contributed by atoms with E-state index in [1.165, 1.54) is 11.9 Å². The smallest absolute Gasteiger partial charge is 0.321 e. The highest BCUT2D eigenvalue weighted by Gasteiger charge is 2.62. The molecule has 2 fully saturated rings. The van der Waals surface area contributed by atoms with Crippen molar-refractivity contribution in [3.05, 3.63) is 84.4 Å². The summed E-state index contributed by atoms with van der Waals surface area (Å²) in [5.41, 5.74) is 3.30. The van der Waals surface area contributed by atoms with E-state index < -0.39 is 5.41 Å². The number of hydrogen-bond acceptors (Lipinski definition) is 4. The van der Waals surface area contributed by atoms with Crippen LogP contribution in [0.5, 0.6) is 0 Å². The first kappa shape index (κ1) is 22.1. The van der Waals surface area contributed by atoms with Crippen LogP contribution in [0.1, 0.15) is 49.8 Å².